The predicted octanol–water partition coefficient (Wildman–Crippen LogP) is 2.65. The molecule has 16 heavy (non-hydrogen) atoms. The summed E-state index contributed by atoms with van der Waals surface area (Å²) in [5.41, 5.74) is 9.38. The summed E-state index contributed by atoms with van der Waals surface area (Å²) >= 11 is 0. The highest BCUT2D eigenvalue weighted by Crippen LogP contribution is 2.20. The highest BCUT2D eigenvalue weighted by atomic mass is 16.1. The van der Waals surface area contributed by atoms with Gasteiger partial charge in [-0.1, -0.05) is 39.0 Å². The zero-order valence-electron chi connectivity index (χ0n) is 10.4. The summed E-state index contributed by atoms with van der Waals surface area (Å²) in [4.78, 5) is 10.7. The Morgan fingerprint density at radius 2 is 1.94 bits per heavy atom. The second-order valence-corrected chi connectivity index (χ2v) is 4.70. The first-order valence-corrected chi connectivity index (χ1v) is 5.85. The Balaban J connectivity index is 3.01. The van der Waals surface area contributed by atoms with Crippen LogP contribution in [0.3, 0.4) is 0 Å². The third kappa shape index (κ3) is 3.17. The smallest absolute Gasteiger partial charge is 0.123 e. The second kappa shape index (κ2) is 5.80. The molecule has 0 aromatic heterocycles. The molecule has 0 spiro atoms. The van der Waals surface area contributed by atoms with Crippen LogP contribution in [0.2, 0.25) is 0 Å². The molecule has 0 aliphatic carbocycles. The van der Waals surface area contributed by atoms with Crippen LogP contribution in [0.5, 0.6) is 0 Å². The van der Waals surface area contributed by atoms with Crippen molar-refractivity contribution in [3.05, 3.63) is 34.9 Å². The first-order chi connectivity index (χ1) is 7.58. The average molecular weight is 219 g/mol. The third-order valence-corrected chi connectivity index (χ3v) is 2.89. The van der Waals surface area contributed by atoms with Gasteiger partial charge < -0.3 is 10.5 Å². The first-order valence-electron chi connectivity index (χ1n) is 5.85. The van der Waals surface area contributed by atoms with Crippen molar-refractivity contribution in [3.63, 3.8) is 0 Å². The zero-order valence-corrected chi connectivity index (χ0v) is 10.4. The molecule has 1 unspecified atom stereocenters. The van der Waals surface area contributed by atoms with Crippen LogP contribution < -0.4 is 5.73 Å². The quantitative estimate of drug-likeness (QED) is 0.774. The molecule has 1 aromatic rings. The summed E-state index contributed by atoms with van der Waals surface area (Å²) in [5, 5.41) is 0. The molecule has 0 heterocycles. The first kappa shape index (κ1) is 12.9. The molecule has 0 saturated heterocycles. The van der Waals surface area contributed by atoms with Crippen LogP contribution >= 0.6 is 0 Å². The van der Waals surface area contributed by atoms with E-state index in [4.69, 9.17) is 5.73 Å². The fourth-order valence-corrected chi connectivity index (χ4v) is 1.79. The molecular weight excluding hydrogens is 198 g/mol. The van der Waals surface area contributed by atoms with Crippen molar-refractivity contribution >= 4 is 6.29 Å². The van der Waals surface area contributed by atoms with Gasteiger partial charge in [-0.3, -0.25) is 0 Å². The lowest BCUT2D eigenvalue weighted by Crippen LogP contribution is -2.08. The molecule has 1 aromatic carbocycles. The van der Waals surface area contributed by atoms with E-state index < -0.39 is 0 Å². The molecular formula is C14H21NO. The standard InChI is InChI=1S/C14H21NO/c1-10(2)12-4-5-13(8-15)14(7-12)6-11(3)9-16/h4-5,7,9-11H,6,8,15H2,1-3H3. The number of carbonyl (C=O) groups excluding carboxylic acids is 1. The summed E-state index contributed by atoms with van der Waals surface area (Å²) in [6.07, 6.45) is 1.79. The topological polar surface area (TPSA) is 43.1 Å². The highest BCUT2D eigenvalue weighted by Gasteiger charge is 2.08. The molecule has 0 aliphatic rings. The van der Waals surface area contributed by atoms with Crippen LogP contribution in [0.15, 0.2) is 18.2 Å². The van der Waals surface area contributed by atoms with E-state index in [0.29, 0.717) is 12.5 Å². The maximum absolute atomic E-state index is 10.7. The maximum atomic E-state index is 10.7. The number of rotatable bonds is 5. The predicted molar refractivity (Wildman–Crippen MR) is 67.4 cm³/mol. The van der Waals surface area contributed by atoms with Crippen LogP contribution in [-0.4, -0.2) is 6.29 Å². The van der Waals surface area contributed by atoms with Gasteiger partial charge in [0.2, 0.25) is 0 Å². The normalized spacial score (nSPS) is 12.8. The number of hydrogen-bond acceptors (Lipinski definition) is 2. The van der Waals surface area contributed by atoms with Crippen molar-refractivity contribution in [2.45, 2.75) is 39.7 Å². The molecule has 0 amide bonds. The summed E-state index contributed by atoms with van der Waals surface area (Å²) in [6.45, 7) is 6.82. The molecule has 0 bridgehead atoms. The van der Waals surface area contributed by atoms with Gasteiger partial charge in [-0.05, 0) is 29.0 Å². The monoisotopic (exact) mass is 219 g/mol. The molecule has 1 rings (SSSR count). The van der Waals surface area contributed by atoms with Gasteiger partial charge in [-0.2, -0.15) is 0 Å². The minimum Gasteiger partial charge on any atom is -0.326 e. The number of hydrogen-bond donors (Lipinski definition) is 1. The minimum absolute atomic E-state index is 0.0627. The van der Waals surface area contributed by atoms with Gasteiger partial charge >= 0.3 is 0 Å². The van der Waals surface area contributed by atoms with E-state index >= 15 is 0 Å². The van der Waals surface area contributed by atoms with E-state index in [-0.39, 0.29) is 5.92 Å². The van der Waals surface area contributed by atoms with Crippen molar-refractivity contribution in [2.24, 2.45) is 11.7 Å². The van der Waals surface area contributed by atoms with Crippen molar-refractivity contribution in [1.82, 2.24) is 0 Å². The van der Waals surface area contributed by atoms with Gasteiger partial charge in [0.25, 0.3) is 0 Å². The van der Waals surface area contributed by atoms with Crippen LogP contribution in [0.25, 0.3) is 0 Å². The Kier molecular flexibility index (Phi) is 4.69. The largest absolute Gasteiger partial charge is 0.326 e. The van der Waals surface area contributed by atoms with Crippen molar-refractivity contribution < 1.29 is 4.79 Å². The Morgan fingerprint density at radius 1 is 1.25 bits per heavy atom. The highest BCUT2D eigenvalue weighted by molar-refractivity contribution is 5.54. The molecule has 0 saturated carbocycles. The van der Waals surface area contributed by atoms with Crippen molar-refractivity contribution in [1.29, 1.82) is 0 Å². The maximum Gasteiger partial charge on any atom is 0.123 e. The van der Waals surface area contributed by atoms with E-state index in [9.17, 15) is 4.79 Å². The van der Waals surface area contributed by atoms with Crippen molar-refractivity contribution in [3.8, 4) is 0 Å². The van der Waals surface area contributed by atoms with Gasteiger partial charge in [0.1, 0.15) is 6.29 Å². The lowest BCUT2D eigenvalue weighted by molar-refractivity contribution is -0.110. The lowest BCUT2D eigenvalue weighted by Gasteiger charge is -2.13. The number of carbonyl (C=O) groups is 1. The van der Waals surface area contributed by atoms with E-state index in [1.807, 2.05) is 6.92 Å². The van der Waals surface area contributed by atoms with E-state index in [1.165, 1.54) is 11.1 Å². The third-order valence-electron chi connectivity index (χ3n) is 2.89. The minimum atomic E-state index is 0.0627. The number of aldehydes is 1. The van der Waals surface area contributed by atoms with Gasteiger partial charge in [-0.15, -0.1) is 0 Å². The van der Waals surface area contributed by atoms with E-state index in [0.717, 1.165) is 18.3 Å². The molecule has 0 radical (unpaired) electrons. The molecule has 0 aliphatic heterocycles. The van der Waals surface area contributed by atoms with Gasteiger partial charge in [0.15, 0.2) is 0 Å². The zero-order chi connectivity index (χ0) is 12.1. The van der Waals surface area contributed by atoms with Gasteiger partial charge in [0, 0.05) is 12.5 Å². The summed E-state index contributed by atoms with van der Waals surface area (Å²) in [5.74, 6) is 0.574. The fourth-order valence-electron chi connectivity index (χ4n) is 1.79. The summed E-state index contributed by atoms with van der Waals surface area (Å²) in [7, 11) is 0. The number of nitrogens with two attached hydrogens (primary N) is 1. The van der Waals surface area contributed by atoms with Gasteiger partial charge in [0.05, 0.1) is 0 Å². The van der Waals surface area contributed by atoms with Gasteiger partial charge in [-0.25, -0.2) is 0 Å². The molecule has 0 fully saturated rings. The van der Waals surface area contributed by atoms with Crippen LogP contribution in [-0.2, 0) is 17.8 Å². The Bertz CT molecular complexity index is 358. The van der Waals surface area contributed by atoms with Crippen LogP contribution in [0, 0.1) is 5.92 Å². The number of benzene rings is 1. The molecule has 2 heteroatoms. The summed E-state index contributed by atoms with van der Waals surface area (Å²) < 4.78 is 0. The van der Waals surface area contributed by atoms with E-state index in [1.54, 1.807) is 0 Å². The Labute approximate surface area is 97.9 Å². The lowest BCUT2D eigenvalue weighted by atomic mass is 9.92. The Morgan fingerprint density at radius 3 is 2.44 bits per heavy atom. The second-order valence-electron chi connectivity index (χ2n) is 4.70. The molecule has 2 nitrogen and oxygen atoms in total. The Hall–Kier alpha value is -1.15. The fraction of sp³-hybridized carbons (Fsp3) is 0.500. The molecule has 88 valence electrons. The summed E-state index contributed by atoms with van der Waals surface area (Å²) in [6, 6.07) is 6.40. The van der Waals surface area contributed by atoms with Crippen LogP contribution in [0.1, 0.15) is 43.4 Å². The van der Waals surface area contributed by atoms with Crippen LogP contribution in [0.4, 0.5) is 0 Å². The van der Waals surface area contributed by atoms with Crippen molar-refractivity contribution in [2.75, 3.05) is 0 Å². The van der Waals surface area contributed by atoms with E-state index in [2.05, 4.69) is 32.0 Å². The molecule has 1 atom stereocenters. The molecule has 2 N–H and O–H groups in total. The average Bonchev–Trinajstić information content (AvgIpc) is 2.28. The SMILES string of the molecule is CC(C=O)Cc1cc(C(C)C)ccc1CN.